The van der Waals surface area contributed by atoms with Crippen molar-refractivity contribution in [1.82, 2.24) is 5.32 Å². The average molecular weight is 183 g/mol. The number of ether oxygens (including phenoxy) is 1. The summed E-state index contributed by atoms with van der Waals surface area (Å²) < 4.78 is 4.76. The number of carbonyl (C=O) groups excluding carboxylic acids is 1. The maximum Gasteiger partial charge on any atom is 0.323 e. The molecule has 1 N–H and O–H groups in total. The van der Waals surface area contributed by atoms with Crippen LogP contribution in [0.5, 0.6) is 0 Å². The largest absolute Gasteiger partial charge is 0.468 e. The fourth-order valence-electron chi connectivity index (χ4n) is 2.71. The van der Waals surface area contributed by atoms with Crippen molar-refractivity contribution in [2.45, 2.75) is 25.3 Å². The molecule has 74 valence electrons. The minimum Gasteiger partial charge on any atom is -0.468 e. The molecule has 0 aromatic carbocycles. The molecule has 3 nitrogen and oxygen atoms in total. The highest BCUT2D eigenvalue weighted by molar-refractivity contribution is 5.76. The first kappa shape index (κ1) is 9.00. The standard InChI is InChI=1S/C10H17NO2/c1-11-9(10(12)13-2)8-4-6-3-7(6)5-8/h6-9,11H,3-5H2,1-2H3/t6-,7+,8-,9-/m0/s1. The van der Waals surface area contributed by atoms with Gasteiger partial charge in [0, 0.05) is 0 Å². The predicted octanol–water partition coefficient (Wildman–Crippen LogP) is 0.793. The average Bonchev–Trinajstić information content (AvgIpc) is 2.75. The predicted molar refractivity (Wildman–Crippen MR) is 49.2 cm³/mol. The van der Waals surface area contributed by atoms with Crippen LogP contribution in [0.1, 0.15) is 19.3 Å². The molecule has 3 heteroatoms. The molecule has 2 aliphatic carbocycles. The summed E-state index contributed by atoms with van der Waals surface area (Å²) >= 11 is 0. The van der Waals surface area contributed by atoms with Crippen LogP contribution < -0.4 is 5.32 Å². The molecule has 13 heavy (non-hydrogen) atoms. The zero-order chi connectivity index (χ0) is 9.42. The van der Waals surface area contributed by atoms with E-state index in [2.05, 4.69) is 5.32 Å². The fraction of sp³-hybridized carbons (Fsp3) is 0.900. The summed E-state index contributed by atoms with van der Waals surface area (Å²) in [6.07, 6.45) is 3.82. The van der Waals surface area contributed by atoms with Gasteiger partial charge in [-0.05, 0) is 44.1 Å². The van der Waals surface area contributed by atoms with Crippen LogP contribution in [0, 0.1) is 17.8 Å². The molecule has 0 unspecified atom stereocenters. The summed E-state index contributed by atoms with van der Waals surface area (Å²) in [5.41, 5.74) is 0. The molecular formula is C10H17NO2. The third kappa shape index (κ3) is 1.57. The Morgan fingerprint density at radius 1 is 1.38 bits per heavy atom. The second-order valence-electron chi connectivity index (χ2n) is 4.28. The monoisotopic (exact) mass is 183 g/mol. The number of likely N-dealkylation sites (N-methyl/N-ethyl adjacent to an activating group) is 1. The number of hydrogen-bond acceptors (Lipinski definition) is 3. The van der Waals surface area contributed by atoms with E-state index in [0.717, 1.165) is 11.8 Å². The van der Waals surface area contributed by atoms with Gasteiger partial charge in [0.05, 0.1) is 7.11 Å². The molecule has 0 aromatic rings. The van der Waals surface area contributed by atoms with E-state index in [1.165, 1.54) is 26.4 Å². The van der Waals surface area contributed by atoms with Crippen LogP contribution in [0.15, 0.2) is 0 Å². The minimum absolute atomic E-state index is 0.0715. The highest BCUT2D eigenvalue weighted by Crippen LogP contribution is 2.55. The third-order valence-electron chi connectivity index (χ3n) is 3.52. The van der Waals surface area contributed by atoms with Gasteiger partial charge in [-0.15, -0.1) is 0 Å². The van der Waals surface area contributed by atoms with E-state index in [0.29, 0.717) is 5.92 Å². The Morgan fingerprint density at radius 3 is 2.46 bits per heavy atom. The SMILES string of the molecule is CN[C@H](C(=O)OC)[C@@H]1C[C@H]2C[C@H]2C1. The van der Waals surface area contributed by atoms with E-state index >= 15 is 0 Å². The first-order valence-electron chi connectivity index (χ1n) is 5.01. The van der Waals surface area contributed by atoms with Gasteiger partial charge in [0.25, 0.3) is 0 Å². The first-order valence-corrected chi connectivity index (χ1v) is 5.01. The van der Waals surface area contributed by atoms with Gasteiger partial charge in [-0.25, -0.2) is 0 Å². The zero-order valence-corrected chi connectivity index (χ0v) is 8.25. The molecule has 2 fully saturated rings. The van der Waals surface area contributed by atoms with Crippen LogP contribution >= 0.6 is 0 Å². The Kier molecular flexibility index (Phi) is 2.28. The second kappa shape index (κ2) is 3.29. The van der Waals surface area contributed by atoms with Crippen molar-refractivity contribution in [2.24, 2.45) is 17.8 Å². The summed E-state index contributed by atoms with van der Waals surface area (Å²) in [5.74, 6) is 2.26. The minimum atomic E-state index is -0.103. The van der Waals surface area contributed by atoms with Gasteiger partial charge in [-0.2, -0.15) is 0 Å². The lowest BCUT2D eigenvalue weighted by molar-refractivity contribution is -0.144. The molecule has 0 saturated heterocycles. The Morgan fingerprint density at radius 2 is 2.00 bits per heavy atom. The summed E-state index contributed by atoms with van der Waals surface area (Å²) in [5, 5.41) is 3.06. The maximum atomic E-state index is 11.4. The second-order valence-corrected chi connectivity index (χ2v) is 4.28. The van der Waals surface area contributed by atoms with Gasteiger partial charge in [0.1, 0.15) is 6.04 Å². The van der Waals surface area contributed by atoms with E-state index in [1.54, 1.807) is 0 Å². The van der Waals surface area contributed by atoms with E-state index in [4.69, 9.17) is 4.74 Å². The van der Waals surface area contributed by atoms with Crippen molar-refractivity contribution < 1.29 is 9.53 Å². The van der Waals surface area contributed by atoms with E-state index in [-0.39, 0.29) is 12.0 Å². The number of fused-ring (bicyclic) bond motifs is 1. The highest BCUT2D eigenvalue weighted by Gasteiger charge is 2.49. The van der Waals surface area contributed by atoms with Crippen molar-refractivity contribution in [3.63, 3.8) is 0 Å². The van der Waals surface area contributed by atoms with Gasteiger partial charge in [0.15, 0.2) is 0 Å². The van der Waals surface area contributed by atoms with Gasteiger partial charge in [-0.3, -0.25) is 4.79 Å². The number of methoxy groups -OCH3 is 1. The van der Waals surface area contributed by atoms with Gasteiger partial charge >= 0.3 is 5.97 Å². The van der Waals surface area contributed by atoms with Crippen molar-refractivity contribution in [2.75, 3.05) is 14.2 Å². The molecule has 0 amide bonds. The third-order valence-corrected chi connectivity index (χ3v) is 3.52. The van der Waals surface area contributed by atoms with Crippen LogP contribution in [0.4, 0.5) is 0 Å². The molecule has 2 rings (SSSR count). The van der Waals surface area contributed by atoms with E-state index in [9.17, 15) is 4.79 Å². The summed E-state index contributed by atoms with van der Waals surface area (Å²) in [6, 6.07) is -0.0715. The molecule has 0 aliphatic heterocycles. The molecule has 4 atom stereocenters. The number of carbonyl (C=O) groups is 1. The lowest BCUT2D eigenvalue weighted by Gasteiger charge is -2.21. The van der Waals surface area contributed by atoms with Crippen LogP contribution in [0.3, 0.4) is 0 Å². The topological polar surface area (TPSA) is 38.3 Å². The molecular weight excluding hydrogens is 166 g/mol. The smallest absolute Gasteiger partial charge is 0.323 e. The first-order chi connectivity index (χ1) is 6.26. The maximum absolute atomic E-state index is 11.4. The van der Waals surface area contributed by atoms with Crippen LogP contribution in [0.25, 0.3) is 0 Å². The van der Waals surface area contributed by atoms with Gasteiger partial charge in [-0.1, -0.05) is 0 Å². The van der Waals surface area contributed by atoms with E-state index in [1.807, 2.05) is 7.05 Å². The molecule has 0 spiro atoms. The number of nitrogens with one attached hydrogen (secondary N) is 1. The molecule has 2 aliphatic rings. The van der Waals surface area contributed by atoms with Crippen LogP contribution in [-0.2, 0) is 9.53 Å². The zero-order valence-electron chi connectivity index (χ0n) is 8.25. The van der Waals surface area contributed by atoms with Crippen LogP contribution in [0.2, 0.25) is 0 Å². The van der Waals surface area contributed by atoms with Crippen molar-refractivity contribution in [1.29, 1.82) is 0 Å². The highest BCUT2D eigenvalue weighted by atomic mass is 16.5. The molecule has 0 radical (unpaired) electrons. The quantitative estimate of drug-likeness (QED) is 0.657. The molecule has 2 saturated carbocycles. The summed E-state index contributed by atoms with van der Waals surface area (Å²) in [7, 11) is 3.30. The molecule has 0 bridgehead atoms. The normalized spacial score (nSPS) is 38.2. The fourth-order valence-corrected chi connectivity index (χ4v) is 2.71. The van der Waals surface area contributed by atoms with Crippen LogP contribution in [-0.4, -0.2) is 26.2 Å². The Balaban J connectivity index is 1.92. The Bertz CT molecular complexity index is 207. The molecule has 0 aromatic heterocycles. The van der Waals surface area contributed by atoms with Crippen molar-refractivity contribution in [3.05, 3.63) is 0 Å². The Labute approximate surface area is 78.8 Å². The lowest BCUT2D eigenvalue weighted by Crippen LogP contribution is -2.41. The van der Waals surface area contributed by atoms with Gasteiger partial charge in [0.2, 0.25) is 0 Å². The Hall–Kier alpha value is -0.570. The summed E-state index contributed by atoms with van der Waals surface area (Å²) in [6.45, 7) is 0. The summed E-state index contributed by atoms with van der Waals surface area (Å²) in [4.78, 5) is 11.4. The number of hydrogen-bond donors (Lipinski definition) is 1. The number of rotatable bonds is 3. The van der Waals surface area contributed by atoms with Gasteiger partial charge < -0.3 is 10.1 Å². The van der Waals surface area contributed by atoms with Crippen molar-refractivity contribution in [3.8, 4) is 0 Å². The van der Waals surface area contributed by atoms with Crippen molar-refractivity contribution >= 4 is 5.97 Å². The number of esters is 1. The molecule has 0 heterocycles. The lowest BCUT2D eigenvalue weighted by atomic mass is 9.94. The van der Waals surface area contributed by atoms with E-state index < -0.39 is 0 Å².